The molecule has 33 heavy (non-hydrogen) atoms. The molecule has 0 aliphatic carbocycles. The van der Waals surface area contributed by atoms with Crippen molar-refractivity contribution in [3.63, 3.8) is 0 Å². The number of rotatable bonds is 4. The number of carbonyl (C=O) groups excluding carboxylic acids is 1. The number of aromatic amines is 1. The van der Waals surface area contributed by atoms with Crippen molar-refractivity contribution in [2.75, 3.05) is 38.1 Å². The van der Waals surface area contributed by atoms with Crippen LogP contribution in [0.2, 0.25) is 0 Å². The van der Waals surface area contributed by atoms with Gasteiger partial charge in [-0.3, -0.25) is 14.5 Å². The highest BCUT2D eigenvalue weighted by Gasteiger charge is 2.22. The van der Waals surface area contributed by atoms with Crippen LogP contribution < -0.4 is 15.8 Å². The smallest absolute Gasteiger partial charge is 0.272 e. The lowest BCUT2D eigenvalue weighted by molar-refractivity contribution is 0.0957. The lowest BCUT2D eigenvalue weighted by Crippen LogP contribution is -2.46. The van der Waals surface area contributed by atoms with Gasteiger partial charge >= 0.3 is 0 Å². The quantitative estimate of drug-likeness (QED) is 0.464. The summed E-state index contributed by atoms with van der Waals surface area (Å²) in [5, 5.41) is 2.43. The Hall–Kier alpha value is -3.79. The molecule has 0 bridgehead atoms. The zero-order valence-corrected chi connectivity index (χ0v) is 17.9. The number of halogens is 2. The Morgan fingerprint density at radius 1 is 1.15 bits per heavy atom. The minimum Gasteiger partial charge on any atom is -0.365 e. The first-order valence-corrected chi connectivity index (χ1v) is 10.6. The fourth-order valence-electron chi connectivity index (χ4n) is 4.36. The van der Waals surface area contributed by atoms with E-state index in [0.717, 1.165) is 5.56 Å². The second kappa shape index (κ2) is 8.28. The number of nitrogens with zero attached hydrogens (tertiary/aromatic N) is 4. The van der Waals surface area contributed by atoms with Crippen molar-refractivity contribution in [1.29, 1.82) is 0 Å². The second-order valence-corrected chi connectivity index (χ2v) is 8.04. The number of H-pyrrole nitrogens is 1. The maximum atomic E-state index is 14.9. The minimum atomic E-state index is -0.679. The van der Waals surface area contributed by atoms with Gasteiger partial charge in [0.1, 0.15) is 22.5 Å². The first-order valence-electron chi connectivity index (χ1n) is 10.6. The summed E-state index contributed by atoms with van der Waals surface area (Å²) in [5.41, 5.74) is 2.05. The molecule has 3 aromatic heterocycles. The van der Waals surface area contributed by atoms with Crippen LogP contribution in [0.5, 0.6) is 0 Å². The number of pyridine rings is 1. The van der Waals surface area contributed by atoms with Gasteiger partial charge < -0.3 is 19.6 Å². The zero-order chi connectivity index (χ0) is 23.1. The largest absolute Gasteiger partial charge is 0.365 e. The number of fused-ring (bicyclic) bond motifs is 3. The lowest BCUT2D eigenvalue weighted by atomic mass is 10.1. The first-order chi connectivity index (χ1) is 15.9. The van der Waals surface area contributed by atoms with Crippen LogP contribution in [0.3, 0.4) is 0 Å². The van der Waals surface area contributed by atoms with Gasteiger partial charge in [-0.05, 0) is 42.0 Å². The van der Waals surface area contributed by atoms with Crippen molar-refractivity contribution in [3.8, 4) is 0 Å². The monoisotopic (exact) mass is 452 g/mol. The van der Waals surface area contributed by atoms with E-state index in [1.165, 1.54) is 19.2 Å². The Balaban J connectivity index is 1.31. The fraction of sp³-hybridized carbons (Fsp3) is 0.261. The van der Waals surface area contributed by atoms with E-state index < -0.39 is 17.7 Å². The third-order valence-corrected chi connectivity index (χ3v) is 6.00. The van der Waals surface area contributed by atoms with Crippen molar-refractivity contribution in [3.05, 3.63) is 76.0 Å². The lowest BCUT2D eigenvalue weighted by Gasteiger charge is -2.36. The van der Waals surface area contributed by atoms with E-state index in [9.17, 15) is 18.4 Å². The zero-order valence-electron chi connectivity index (χ0n) is 17.9. The average molecular weight is 452 g/mol. The summed E-state index contributed by atoms with van der Waals surface area (Å²) in [5.74, 6) is -1.52. The molecule has 0 radical (unpaired) electrons. The molecular formula is C23H22F2N6O2. The predicted octanol–water partition coefficient (Wildman–Crippen LogP) is 2.14. The van der Waals surface area contributed by atoms with Gasteiger partial charge in [0, 0.05) is 46.0 Å². The van der Waals surface area contributed by atoms with Crippen LogP contribution >= 0.6 is 0 Å². The molecule has 1 aromatic carbocycles. The molecule has 0 saturated carbocycles. The number of piperazine rings is 1. The Morgan fingerprint density at radius 3 is 2.67 bits per heavy atom. The molecular weight excluding hydrogens is 430 g/mol. The Kier molecular flexibility index (Phi) is 5.29. The summed E-state index contributed by atoms with van der Waals surface area (Å²) >= 11 is 0. The number of anilines is 1. The molecule has 0 atom stereocenters. The molecule has 8 nitrogen and oxygen atoms in total. The van der Waals surface area contributed by atoms with Crippen LogP contribution in [0.15, 0.2) is 47.4 Å². The normalized spacial score (nSPS) is 14.8. The van der Waals surface area contributed by atoms with E-state index in [1.807, 2.05) is 4.90 Å². The fourth-order valence-corrected chi connectivity index (χ4v) is 4.36. The van der Waals surface area contributed by atoms with Crippen molar-refractivity contribution >= 4 is 28.1 Å². The number of carbonyl (C=O) groups is 1. The van der Waals surface area contributed by atoms with Gasteiger partial charge in [-0.25, -0.2) is 9.37 Å². The Labute approximate surface area is 187 Å². The van der Waals surface area contributed by atoms with Crippen molar-refractivity contribution < 1.29 is 13.6 Å². The maximum Gasteiger partial charge on any atom is 0.272 e. The van der Waals surface area contributed by atoms with Gasteiger partial charge in [0.05, 0.1) is 11.2 Å². The summed E-state index contributed by atoms with van der Waals surface area (Å²) < 4.78 is 31.0. The third-order valence-electron chi connectivity index (χ3n) is 6.00. The SMILES string of the molecule is CNC(=O)c1ccc(N2CCN(Cc3cc(F)c4c(c3)[nH]c(=O)c3cccn34)CC2)c(F)n1. The minimum absolute atomic E-state index is 0.0333. The summed E-state index contributed by atoms with van der Waals surface area (Å²) in [6.45, 7) is 2.92. The van der Waals surface area contributed by atoms with Gasteiger partial charge in [-0.2, -0.15) is 4.39 Å². The van der Waals surface area contributed by atoms with E-state index in [-0.39, 0.29) is 11.3 Å². The van der Waals surface area contributed by atoms with Gasteiger partial charge in [0.2, 0.25) is 5.95 Å². The topological polar surface area (TPSA) is 85.7 Å². The van der Waals surface area contributed by atoms with Crippen LogP contribution in [0, 0.1) is 11.8 Å². The predicted molar refractivity (Wildman–Crippen MR) is 121 cm³/mol. The van der Waals surface area contributed by atoms with Crippen LogP contribution in [-0.4, -0.2) is 58.4 Å². The van der Waals surface area contributed by atoms with E-state index in [2.05, 4.69) is 20.2 Å². The molecule has 4 aromatic rings. The van der Waals surface area contributed by atoms with Crippen molar-refractivity contribution in [2.24, 2.45) is 0 Å². The van der Waals surface area contributed by atoms with E-state index in [4.69, 9.17) is 0 Å². The number of hydrogen-bond acceptors (Lipinski definition) is 5. The van der Waals surface area contributed by atoms with Crippen LogP contribution in [0.25, 0.3) is 16.6 Å². The molecule has 4 heterocycles. The summed E-state index contributed by atoms with van der Waals surface area (Å²) in [6.07, 6.45) is 1.67. The molecule has 1 aliphatic heterocycles. The molecule has 10 heteroatoms. The van der Waals surface area contributed by atoms with E-state index in [1.54, 1.807) is 34.9 Å². The molecule has 1 aliphatic rings. The Morgan fingerprint density at radius 2 is 1.94 bits per heavy atom. The first kappa shape index (κ1) is 21.1. The van der Waals surface area contributed by atoms with Crippen LogP contribution in [0.4, 0.5) is 14.5 Å². The summed E-state index contributed by atoms with van der Waals surface area (Å²) in [7, 11) is 1.47. The van der Waals surface area contributed by atoms with Crippen molar-refractivity contribution in [1.82, 2.24) is 24.6 Å². The Bertz CT molecular complexity index is 1420. The van der Waals surface area contributed by atoms with Gasteiger partial charge in [0.15, 0.2) is 0 Å². The molecule has 5 rings (SSSR count). The number of benzene rings is 1. The molecule has 2 N–H and O–H groups in total. The molecule has 1 amide bonds. The summed E-state index contributed by atoms with van der Waals surface area (Å²) in [6, 6.07) is 9.72. The number of aromatic nitrogens is 3. The van der Waals surface area contributed by atoms with Crippen LogP contribution in [-0.2, 0) is 6.54 Å². The van der Waals surface area contributed by atoms with Gasteiger partial charge in [0.25, 0.3) is 11.5 Å². The highest BCUT2D eigenvalue weighted by atomic mass is 19.1. The molecule has 1 fully saturated rings. The molecule has 0 unspecified atom stereocenters. The number of amides is 1. The highest BCUT2D eigenvalue weighted by molar-refractivity contribution is 5.92. The van der Waals surface area contributed by atoms with Crippen LogP contribution in [0.1, 0.15) is 16.1 Å². The van der Waals surface area contributed by atoms with E-state index >= 15 is 0 Å². The third kappa shape index (κ3) is 3.82. The second-order valence-electron chi connectivity index (χ2n) is 8.04. The number of hydrogen-bond donors (Lipinski definition) is 2. The maximum absolute atomic E-state index is 14.9. The van der Waals surface area contributed by atoms with Gasteiger partial charge in [-0.1, -0.05) is 0 Å². The molecule has 170 valence electrons. The van der Waals surface area contributed by atoms with Crippen molar-refractivity contribution in [2.45, 2.75) is 6.54 Å². The molecule has 0 spiro atoms. The highest BCUT2D eigenvalue weighted by Crippen LogP contribution is 2.23. The molecule has 1 saturated heterocycles. The standard InChI is InChI=1S/C23H22F2N6O2/c1-26-22(32)16-4-5-18(21(25)27-16)30-9-7-29(8-10-30)13-14-11-15(24)20-17(12-14)28-23(33)19-3-2-6-31(19)20/h2-6,11-12H,7-10,13H2,1H3,(H,26,32)(H,28,33). The van der Waals surface area contributed by atoms with Gasteiger partial charge in [-0.15, -0.1) is 0 Å². The van der Waals surface area contributed by atoms with E-state index in [0.29, 0.717) is 55.0 Å². The number of nitrogens with one attached hydrogen (secondary N) is 2. The average Bonchev–Trinajstić information content (AvgIpc) is 3.29. The summed E-state index contributed by atoms with van der Waals surface area (Å²) in [4.78, 5) is 34.5.